The van der Waals surface area contributed by atoms with Crippen molar-refractivity contribution in [3.05, 3.63) is 46.2 Å². The smallest absolute Gasteiger partial charge is 0.274 e. The second-order valence-corrected chi connectivity index (χ2v) is 8.06. The molecule has 1 unspecified atom stereocenters. The van der Waals surface area contributed by atoms with E-state index >= 15 is 0 Å². The number of carbonyl (C=O) groups excluding carboxylic acids is 1. The zero-order valence-electron chi connectivity index (χ0n) is 14.0. The molecule has 1 atom stereocenters. The molecule has 5 rings (SSSR count). The summed E-state index contributed by atoms with van der Waals surface area (Å²) in [5.74, 6) is 0.423. The van der Waals surface area contributed by atoms with Crippen molar-refractivity contribution in [2.45, 2.75) is 38.0 Å². The molecule has 1 aliphatic heterocycles. The number of piperidine rings is 1. The van der Waals surface area contributed by atoms with Crippen molar-refractivity contribution in [2.24, 2.45) is 0 Å². The molecule has 0 radical (unpaired) electrons. The third kappa shape index (κ3) is 2.56. The number of amides is 1. The Hall–Kier alpha value is -2.21. The topological polar surface area (TPSA) is 61.9 Å². The number of nitrogens with one attached hydrogen (secondary N) is 1. The molecule has 3 heterocycles. The number of likely N-dealkylation sites (tertiary alicyclic amines) is 1. The summed E-state index contributed by atoms with van der Waals surface area (Å²) in [5.41, 5.74) is 4.02. The van der Waals surface area contributed by atoms with Gasteiger partial charge in [-0.2, -0.15) is 5.10 Å². The summed E-state index contributed by atoms with van der Waals surface area (Å²) in [6.07, 6.45) is 5.24. The summed E-state index contributed by atoms with van der Waals surface area (Å²) in [6.45, 7) is 1.57. The van der Waals surface area contributed by atoms with Gasteiger partial charge >= 0.3 is 0 Å². The molecule has 1 saturated heterocycles. The fourth-order valence-corrected chi connectivity index (χ4v) is 5.17. The molecule has 0 saturated carbocycles. The number of para-hydroxylation sites is 1. The summed E-state index contributed by atoms with van der Waals surface area (Å²) in [6, 6.07) is 8.27. The Morgan fingerprint density at radius 2 is 2.16 bits per heavy atom. The number of carbonyl (C=O) groups is 1. The van der Waals surface area contributed by atoms with Crippen LogP contribution < -0.4 is 0 Å². The van der Waals surface area contributed by atoms with Crippen LogP contribution in [0.2, 0.25) is 0 Å². The van der Waals surface area contributed by atoms with Crippen LogP contribution in [0.25, 0.3) is 10.2 Å². The number of H-pyrrole nitrogens is 1. The number of hydrogen-bond acceptors (Lipinski definition) is 4. The molecule has 0 bridgehead atoms. The maximum atomic E-state index is 13.0. The van der Waals surface area contributed by atoms with Gasteiger partial charge in [-0.15, -0.1) is 11.3 Å². The fourth-order valence-electron chi connectivity index (χ4n) is 4.07. The Balaban J connectivity index is 1.39. The SMILES string of the molecule is O=C(c1n[nH]c2c1CCC2)N1CCCC(c2nc3ccccc3s2)C1. The number of rotatable bonds is 2. The standard InChI is InChI=1S/C19H20N4OS/c24-19(17-13-6-3-8-14(13)21-22-17)23-10-4-5-12(11-23)18-20-15-7-1-2-9-16(15)25-18/h1-2,7,9,12H,3-6,8,10-11H2,(H,21,22). The Bertz CT molecular complexity index is 911. The van der Waals surface area contributed by atoms with Crippen molar-refractivity contribution in [3.8, 4) is 0 Å². The van der Waals surface area contributed by atoms with Gasteiger partial charge in [0.15, 0.2) is 5.69 Å². The van der Waals surface area contributed by atoms with Crippen LogP contribution in [0.1, 0.15) is 51.9 Å². The van der Waals surface area contributed by atoms with Crippen molar-refractivity contribution in [1.82, 2.24) is 20.1 Å². The summed E-state index contributed by atoms with van der Waals surface area (Å²) < 4.78 is 1.23. The van der Waals surface area contributed by atoms with Crippen LogP contribution in [0.4, 0.5) is 0 Å². The van der Waals surface area contributed by atoms with Gasteiger partial charge in [-0.25, -0.2) is 4.98 Å². The molecule has 2 aliphatic rings. The average molecular weight is 352 g/mol. The van der Waals surface area contributed by atoms with E-state index in [-0.39, 0.29) is 5.91 Å². The molecule has 0 spiro atoms. The van der Waals surface area contributed by atoms with Gasteiger partial charge in [0.25, 0.3) is 5.91 Å². The predicted octanol–water partition coefficient (Wildman–Crippen LogP) is 3.53. The minimum Gasteiger partial charge on any atom is -0.337 e. The molecule has 25 heavy (non-hydrogen) atoms. The van der Waals surface area contributed by atoms with E-state index in [1.807, 2.05) is 11.0 Å². The van der Waals surface area contributed by atoms with Crippen LogP contribution in [0.3, 0.4) is 0 Å². The number of aromatic nitrogens is 3. The minimum absolute atomic E-state index is 0.0882. The van der Waals surface area contributed by atoms with Gasteiger partial charge in [0.2, 0.25) is 0 Å². The maximum Gasteiger partial charge on any atom is 0.274 e. The first kappa shape index (κ1) is 15.1. The second kappa shape index (κ2) is 5.95. The number of hydrogen-bond donors (Lipinski definition) is 1. The van der Waals surface area contributed by atoms with Gasteiger partial charge in [0, 0.05) is 30.3 Å². The van der Waals surface area contributed by atoms with E-state index in [0.29, 0.717) is 11.6 Å². The van der Waals surface area contributed by atoms with E-state index < -0.39 is 0 Å². The predicted molar refractivity (Wildman–Crippen MR) is 98.1 cm³/mol. The van der Waals surface area contributed by atoms with E-state index in [2.05, 4.69) is 28.4 Å². The first-order chi connectivity index (χ1) is 12.3. The molecule has 1 aliphatic carbocycles. The van der Waals surface area contributed by atoms with E-state index in [1.165, 1.54) is 4.70 Å². The van der Waals surface area contributed by atoms with Crippen molar-refractivity contribution in [2.75, 3.05) is 13.1 Å². The molecule has 5 nitrogen and oxygen atoms in total. The lowest BCUT2D eigenvalue weighted by atomic mass is 9.98. The molecule has 6 heteroatoms. The zero-order chi connectivity index (χ0) is 16.8. The summed E-state index contributed by atoms with van der Waals surface area (Å²) in [7, 11) is 0. The third-order valence-corrected chi connectivity index (χ3v) is 6.58. The van der Waals surface area contributed by atoms with Gasteiger partial charge in [-0.05, 0) is 44.2 Å². The second-order valence-electron chi connectivity index (χ2n) is 6.99. The molecule has 2 aromatic heterocycles. The fraction of sp³-hybridized carbons (Fsp3) is 0.421. The molecular weight excluding hydrogens is 332 g/mol. The van der Waals surface area contributed by atoms with E-state index in [4.69, 9.17) is 4.98 Å². The molecule has 1 aromatic carbocycles. The highest BCUT2D eigenvalue weighted by Gasteiger charge is 2.31. The van der Waals surface area contributed by atoms with Gasteiger partial charge in [-0.1, -0.05) is 12.1 Å². The van der Waals surface area contributed by atoms with E-state index in [9.17, 15) is 4.79 Å². The van der Waals surface area contributed by atoms with Crippen LogP contribution >= 0.6 is 11.3 Å². The normalized spacial score (nSPS) is 20.2. The van der Waals surface area contributed by atoms with E-state index in [0.717, 1.165) is 67.0 Å². The van der Waals surface area contributed by atoms with Crippen LogP contribution in [-0.2, 0) is 12.8 Å². The minimum atomic E-state index is 0.0882. The number of aromatic amines is 1. The highest BCUT2D eigenvalue weighted by molar-refractivity contribution is 7.18. The third-order valence-electron chi connectivity index (χ3n) is 5.38. The molecule has 1 N–H and O–H groups in total. The highest BCUT2D eigenvalue weighted by atomic mass is 32.1. The molecular formula is C19H20N4OS. The monoisotopic (exact) mass is 352 g/mol. The number of benzene rings is 1. The van der Waals surface area contributed by atoms with Gasteiger partial charge < -0.3 is 4.90 Å². The van der Waals surface area contributed by atoms with E-state index in [1.54, 1.807) is 11.3 Å². The molecule has 3 aromatic rings. The lowest BCUT2D eigenvalue weighted by molar-refractivity contribution is 0.0700. The quantitative estimate of drug-likeness (QED) is 0.767. The van der Waals surface area contributed by atoms with Gasteiger partial charge in [0.05, 0.1) is 15.2 Å². The largest absolute Gasteiger partial charge is 0.337 e. The van der Waals surface area contributed by atoms with Gasteiger partial charge in [0.1, 0.15) is 0 Å². The zero-order valence-corrected chi connectivity index (χ0v) is 14.8. The number of aryl methyl sites for hydroxylation is 1. The molecule has 1 fully saturated rings. The van der Waals surface area contributed by atoms with Crippen LogP contribution in [0.5, 0.6) is 0 Å². The lowest BCUT2D eigenvalue weighted by Gasteiger charge is -2.31. The van der Waals surface area contributed by atoms with Crippen LogP contribution in [0.15, 0.2) is 24.3 Å². The van der Waals surface area contributed by atoms with Crippen LogP contribution in [0, 0.1) is 0 Å². The lowest BCUT2D eigenvalue weighted by Crippen LogP contribution is -2.39. The van der Waals surface area contributed by atoms with Gasteiger partial charge in [-0.3, -0.25) is 9.89 Å². The highest BCUT2D eigenvalue weighted by Crippen LogP contribution is 2.34. The van der Waals surface area contributed by atoms with Crippen LogP contribution in [-0.4, -0.2) is 39.1 Å². The Kier molecular flexibility index (Phi) is 3.59. The maximum absolute atomic E-state index is 13.0. The molecule has 1 amide bonds. The molecule has 128 valence electrons. The number of nitrogens with zero attached hydrogens (tertiary/aromatic N) is 3. The summed E-state index contributed by atoms with van der Waals surface area (Å²) in [4.78, 5) is 19.8. The Labute approximate surface area is 150 Å². The summed E-state index contributed by atoms with van der Waals surface area (Å²) >= 11 is 1.76. The Morgan fingerprint density at radius 1 is 1.24 bits per heavy atom. The Morgan fingerprint density at radius 3 is 3.08 bits per heavy atom. The first-order valence-electron chi connectivity index (χ1n) is 9.00. The van der Waals surface area contributed by atoms with Crippen molar-refractivity contribution < 1.29 is 4.79 Å². The number of thiazole rings is 1. The van der Waals surface area contributed by atoms with Crippen molar-refractivity contribution in [3.63, 3.8) is 0 Å². The van der Waals surface area contributed by atoms with Crippen molar-refractivity contribution >= 4 is 27.5 Å². The number of fused-ring (bicyclic) bond motifs is 2. The summed E-state index contributed by atoms with van der Waals surface area (Å²) in [5, 5.41) is 8.53. The van der Waals surface area contributed by atoms with Crippen molar-refractivity contribution in [1.29, 1.82) is 0 Å². The average Bonchev–Trinajstić information content (AvgIpc) is 3.36. The first-order valence-corrected chi connectivity index (χ1v) is 9.82.